The minimum absolute atomic E-state index is 0.300. The summed E-state index contributed by atoms with van der Waals surface area (Å²) >= 11 is 5.11. The summed E-state index contributed by atoms with van der Waals surface area (Å²) in [7, 11) is 0. The Morgan fingerprint density at radius 2 is 1.81 bits per heavy atom. The van der Waals surface area contributed by atoms with Crippen molar-refractivity contribution < 1.29 is 4.74 Å². The maximum absolute atomic E-state index is 5.89. The Morgan fingerprint density at radius 3 is 2.33 bits per heavy atom. The molecule has 3 nitrogen and oxygen atoms in total. The van der Waals surface area contributed by atoms with E-state index in [4.69, 9.17) is 22.7 Å². The Morgan fingerprint density at radius 1 is 1.19 bits per heavy atom. The van der Waals surface area contributed by atoms with E-state index in [9.17, 15) is 0 Å². The van der Waals surface area contributed by atoms with Gasteiger partial charge in [0.2, 0.25) is 5.88 Å². The van der Waals surface area contributed by atoms with Crippen molar-refractivity contribution in [2.75, 3.05) is 0 Å². The predicted molar refractivity (Wildman–Crippen MR) is 90.2 cm³/mol. The van der Waals surface area contributed by atoms with Gasteiger partial charge < -0.3 is 10.5 Å². The highest BCUT2D eigenvalue weighted by atomic mass is 32.1. The lowest BCUT2D eigenvalue weighted by atomic mass is 10.0. The Balaban J connectivity index is 2.37. The first kappa shape index (κ1) is 15.4. The summed E-state index contributed by atoms with van der Waals surface area (Å²) in [4.78, 5) is 4.72. The van der Waals surface area contributed by atoms with Crippen LogP contribution in [0.2, 0.25) is 0 Å². The van der Waals surface area contributed by atoms with E-state index in [1.807, 2.05) is 32.0 Å². The van der Waals surface area contributed by atoms with Crippen LogP contribution in [-0.2, 0) is 0 Å². The number of nitrogens with two attached hydrogens (primary N) is 1. The van der Waals surface area contributed by atoms with Crippen LogP contribution < -0.4 is 10.5 Å². The molecule has 0 atom stereocenters. The Bertz CT molecular complexity index is 663. The summed E-state index contributed by atoms with van der Waals surface area (Å²) in [5.41, 5.74) is 9.61. The van der Waals surface area contributed by atoms with Crippen LogP contribution in [0.4, 0.5) is 0 Å². The van der Waals surface area contributed by atoms with Crippen LogP contribution in [0, 0.1) is 13.8 Å². The van der Waals surface area contributed by atoms with Crippen molar-refractivity contribution in [2.45, 2.75) is 33.6 Å². The minimum atomic E-state index is 0.300. The summed E-state index contributed by atoms with van der Waals surface area (Å²) in [5, 5.41) is 0. The van der Waals surface area contributed by atoms with Gasteiger partial charge in [-0.3, -0.25) is 0 Å². The molecule has 2 rings (SSSR count). The summed E-state index contributed by atoms with van der Waals surface area (Å²) in [6.45, 7) is 8.20. The van der Waals surface area contributed by atoms with Gasteiger partial charge in [0, 0.05) is 5.69 Å². The molecular formula is C17H20N2OS. The Kier molecular flexibility index (Phi) is 4.58. The van der Waals surface area contributed by atoms with Crippen molar-refractivity contribution in [3.63, 3.8) is 0 Å². The first-order chi connectivity index (χ1) is 9.88. The van der Waals surface area contributed by atoms with E-state index in [-0.39, 0.29) is 0 Å². The molecule has 0 aliphatic carbocycles. The molecule has 0 bridgehead atoms. The predicted octanol–water partition coefficient (Wildman–Crippen LogP) is 4.25. The molecule has 0 unspecified atom stereocenters. The highest BCUT2D eigenvalue weighted by molar-refractivity contribution is 7.80. The molecule has 0 radical (unpaired) electrons. The molecule has 1 aromatic carbocycles. The monoisotopic (exact) mass is 300 g/mol. The Hall–Kier alpha value is -1.94. The van der Waals surface area contributed by atoms with Crippen molar-refractivity contribution in [1.82, 2.24) is 4.98 Å². The van der Waals surface area contributed by atoms with Crippen molar-refractivity contribution in [2.24, 2.45) is 5.73 Å². The van der Waals surface area contributed by atoms with E-state index in [0.29, 0.717) is 22.3 Å². The van der Waals surface area contributed by atoms with Crippen molar-refractivity contribution in [3.05, 3.63) is 52.7 Å². The summed E-state index contributed by atoms with van der Waals surface area (Å²) in [6.07, 6.45) is 0. The van der Waals surface area contributed by atoms with E-state index in [2.05, 4.69) is 31.0 Å². The average molecular weight is 300 g/mol. The third-order valence-electron chi connectivity index (χ3n) is 3.32. The van der Waals surface area contributed by atoms with Gasteiger partial charge in [-0.1, -0.05) is 38.2 Å². The second kappa shape index (κ2) is 6.22. The number of rotatable bonds is 4. The lowest BCUT2D eigenvalue weighted by molar-refractivity contribution is 0.460. The smallest absolute Gasteiger partial charge is 0.229 e. The molecule has 0 saturated carbocycles. The molecule has 4 heteroatoms. The molecule has 0 fully saturated rings. The van der Waals surface area contributed by atoms with Crippen LogP contribution in [0.1, 0.15) is 42.1 Å². The van der Waals surface area contributed by atoms with E-state index in [1.54, 1.807) is 0 Å². The standard InChI is InChI=1S/C17H20N2OS/c1-10(2)13-5-7-14(8-6-13)20-17-15(16(18)21)11(3)9-12(4)19-17/h5-10H,1-4H3,(H2,18,21). The molecular weight excluding hydrogens is 280 g/mol. The zero-order chi connectivity index (χ0) is 15.6. The zero-order valence-electron chi connectivity index (χ0n) is 12.8. The minimum Gasteiger partial charge on any atom is -0.438 e. The van der Waals surface area contributed by atoms with E-state index in [1.165, 1.54) is 5.56 Å². The number of nitrogens with zero attached hydrogens (tertiary/aromatic N) is 1. The maximum Gasteiger partial charge on any atom is 0.229 e. The van der Waals surface area contributed by atoms with Crippen LogP contribution in [0.25, 0.3) is 0 Å². The van der Waals surface area contributed by atoms with Crippen LogP contribution in [0.15, 0.2) is 30.3 Å². The Labute approximate surface area is 131 Å². The normalized spacial score (nSPS) is 10.7. The zero-order valence-corrected chi connectivity index (χ0v) is 13.6. The second-order valence-electron chi connectivity index (χ2n) is 5.45. The molecule has 2 N–H and O–H groups in total. The van der Waals surface area contributed by atoms with Gasteiger partial charge in [-0.05, 0) is 49.1 Å². The highest BCUT2D eigenvalue weighted by Gasteiger charge is 2.13. The lowest BCUT2D eigenvalue weighted by Gasteiger charge is -2.13. The van der Waals surface area contributed by atoms with Gasteiger partial charge in [0.15, 0.2) is 0 Å². The first-order valence-electron chi connectivity index (χ1n) is 6.94. The molecule has 0 spiro atoms. The fourth-order valence-electron chi connectivity index (χ4n) is 2.21. The topological polar surface area (TPSA) is 48.1 Å². The summed E-state index contributed by atoms with van der Waals surface area (Å²) < 4.78 is 5.89. The third-order valence-corrected chi connectivity index (χ3v) is 3.52. The SMILES string of the molecule is Cc1cc(C)c(C(N)=S)c(Oc2ccc(C(C)C)cc2)n1. The molecule has 2 aromatic rings. The summed E-state index contributed by atoms with van der Waals surface area (Å²) in [5.74, 6) is 1.69. The van der Waals surface area contributed by atoms with Gasteiger partial charge in [-0.15, -0.1) is 0 Å². The van der Waals surface area contributed by atoms with Gasteiger partial charge in [0.1, 0.15) is 10.7 Å². The van der Waals surface area contributed by atoms with E-state index >= 15 is 0 Å². The van der Waals surface area contributed by atoms with Crippen molar-refractivity contribution >= 4 is 17.2 Å². The molecule has 110 valence electrons. The first-order valence-corrected chi connectivity index (χ1v) is 7.35. The fraction of sp³-hybridized carbons (Fsp3) is 0.294. The number of thiocarbonyl (C=S) groups is 1. The largest absolute Gasteiger partial charge is 0.438 e. The van der Waals surface area contributed by atoms with Crippen LogP contribution in [-0.4, -0.2) is 9.97 Å². The van der Waals surface area contributed by atoms with Crippen LogP contribution in [0.5, 0.6) is 11.6 Å². The third kappa shape index (κ3) is 3.58. The number of aryl methyl sites for hydroxylation is 2. The van der Waals surface area contributed by atoms with Crippen LogP contribution >= 0.6 is 12.2 Å². The highest BCUT2D eigenvalue weighted by Crippen LogP contribution is 2.27. The molecule has 21 heavy (non-hydrogen) atoms. The van der Waals surface area contributed by atoms with Crippen LogP contribution in [0.3, 0.4) is 0 Å². The number of benzene rings is 1. The number of hydrogen-bond donors (Lipinski definition) is 1. The number of hydrogen-bond acceptors (Lipinski definition) is 3. The number of aromatic nitrogens is 1. The fourth-order valence-corrected chi connectivity index (χ4v) is 2.46. The number of pyridine rings is 1. The van der Waals surface area contributed by atoms with Crippen molar-refractivity contribution in [1.29, 1.82) is 0 Å². The molecule has 1 heterocycles. The van der Waals surface area contributed by atoms with Crippen molar-refractivity contribution in [3.8, 4) is 11.6 Å². The van der Waals surface area contributed by atoms with E-state index < -0.39 is 0 Å². The molecule has 1 aromatic heterocycles. The lowest BCUT2D eigenvalue weighted by Crippen LogP contribution is -2.14. The molecule has 0 aliphatic rings. The van der Waals surface area contributed by atoms with Gasteiger partial charge in [-0.25, -0.2) is 4.98 Å². The quantitative estimate of drug-likeness (QED) is 0.858. The molecule has 0 aliphatic heterocycles. The van der Waals surface area contributed by atoms with Gasteiger partial charge >= 0.3 is 0 Å². The number of ether oxygens (including phenoxy) is 1. The van der Waals surface area contributed by atoms with Gasteiger partial charge in [-0.2, -0.15) is 0 Å². The molecule has 0 amide bonds. The summed E-state index contributed by atoms with van der Waals surface area (Å²) in [6, 6.07) is 9.95. The second-order valence-corrected chi connectivity index (χ2v) is 5.89. The van der Waals surface area contributed by atoms with Gasteiger partial charge in [0.05, 0.1) is 5.56 Å². The van der Waals surface area contributed by atoms with E-state index in [0.717, 1.165) is 17.0 Å². The van der Waals surface area contributed by atoms with Gasteiger partial charge in [0.25, 0.3) is 0 Å². The average Bonchev–Trinajstić information content (AvgIpc) is 2.37. The maximum atomic E-state index is 5.89. The molecule has 0 saturated heterocycles.